The van der Waals surface area contributed by atoms with Gasteiger partial charge in [0.2, 0.25) is 0 Å². The van der Waals surface area contributed by atoms with Crippen molar-refractivity contribution >= 4 is 60.5 Å². The van der Waals surface area contributed by atoms with E-state index >= 15 is 0 Å². The standard InChI is InChI=1S/C63H39NO/c1-2-17-40(18-3-1)43-21-14-22-45(38-43)64(57-33-16-32-56-61(57)51-27-10-13-31-55(51)63(56)53-29-11-8-23-47(53)48-24-9-12-30-54(48)63)58-39-52-60-46(44-36-35-41-19-4-5-20-42(41)37-44)28-15-34-59(60)65-62(52)50-26-7-6-25-49(50)58/h1-39H. The Hall–Kier alpha value is -8.46. The van der Waals surface area contributed by atoms with Crippen LogP contribution >= 0.6 is 0 Å². The molecule has 0 bridgehead atoms. The minimum Gasteiger partial charge on any atom is -0.455 e. The molecule has 1 heterocycles. The summed E-state index contributed by atoms with van der Waals surface area (Å²) in [5, 5.41) is 6.84. The van der Waals surface area contributed by atoms with Crippen LogP contribution in [0.1, 0.15) is 22.3 Å². The van der Waals surface area contributed by atoms with Crippen LogP contribution in [-0.2, 0) is 5.41 Å². The minimum absolute atomic E-state index is 0.478. The van der Waals surface area contributed by atoms with Crippen LogP contribution in [0.15, 0.2) is 241 Å². The lowest BCUT2D eigenvalue weighted by atomic mass is 9.70. The average Bonchev–Trinajstić information content (AvgIpc) is 4.01. The number of benzene rings is 11. The third kappa shape index (κ3) is 5.05. The van der Waals surface area contributed by atoms with Crippen LogP contribution in [-0.4, -0.2) is 0 Å². The number of hydrogen-bond acceptors (Lipinski definition) is 2. The summed E-state index contributed by atoms with van der Waals surface area (Å²) in [6, 6.07) is 87.1. The molecular weight excluding hydrogens is 787 g/mol. The van der Waals surface area contributed by atoms with E-state index in [1.165, 1.54) is 66.4 Å². The minimum atomic E-state index is -0.478. The van der Waals surface area contributed by atoms with Gasteiger partial charge in [-0.1, -0.05) is 200 Å². The molecule has 0 atom stereocenters. The molecule has 11 aromatic carbocycles. The molecular formula is C63H39NO. The molecule has 14 rings (SSSR count). The predicted molar refractivity (Wildman–Crippen MR) is 271 cm³/mol. The number of rotatable bonds is 5. The van der Waals surface area contributed by atoms with Gasteiger partial charge in [-0.2, -0.15) is 0 Å². The van der Waals surface area contributed by atoms with Crippen LogP contribution in [0.25, 0.3) is 88.0 Å². The van der Waals surface area contributed by atoms with Crippen molar-refractivity contribution in [2.75, 3.05) is 4.90 Å². The maximum absolute atomic E-state index is 6.97. The van der Waals surface area contributed by atoms with Gasteiger partial charge in [0.1, 0.15) is 11.2 Å². The molecule has 2 aliphatic carbocycles. The number of anilines is 3. The highest BCUT2D eigenvalue weighted by Crippen LogP contribution is 2.65. The van der Waals surface area contributed by atoms with Crippen LogP contribution in [0.5, 0.6) is 0 Å². The van der Waals surface area contributed by atoms with Gasteiger partial charge in [-0.3, -0.25) is 0 Å². The lowest BCUT2D eigenvalue weighted by molar-refractivity contribution is 0.673. The van der Waals surface area contributed by atoms with E-state index in [1.54, 1.807) is 0 Å². The molecule has 0 radical (unpaired) electrons. The molecule has 302 valence electrons. The lowest BCUT2D eigenvalue weighted by Gasteiger charge is -2.32. The second-order valence-corrected chi connectivity index (χ2v) is 17.5. The Kier molecular flexibility index (Phi) is 7.64. The van der Waals surface area contributed by atoms with Gasteiger partial charge in [-0.25, -0.2) is 0 Å². The van der Waals surface area contributed by atoms with Crippen molar-refractivity contribution in [3.05, 3.63) is 259 Å². The molecule has 0 amide bonds. The number of fused-ring (bicyclic) bond motifs is 16. The fourth-order valence-corrected chi connectivity index (χ4v) is 11.6. The third-order valence-corrected chi connectivity index (χ3v) is 14.2. The Morgan fingerprint density at radius 3 is 1.74 bits per heavy atom. The van der Waals surface area contributed by atoms with Crippen LogP contribution < -0.4 is 4.90 Å². The summed E-state index contributed by atoms with van der Waals surface area (Å²) in [6.07, 6.45) is 0. The van der Waals surface area contributed by atoms with Crippen molar-refractivity contribution in [1.82, 2.24) is 0 Å². The summed E-state index contributed by atoms with van der Waals surface area (Å²) in [6.45, 7) is 0. The number of nitrogens with zero attached hydrogens (tertiary/aromatic N) is 1. The Morgan fingerprint density at radius 1 is 0.338 bits per heavy atom. The Morgan fingerprint density at radius 2 is 0.938 bits per heavy atom. The summed E-state index contributed by atoms with van der Waals surface area (Å²) in [7, 11) is 0. The van der Waals surface area contributed by atoms with Crippen molar-refractivity contribution < 1.29 is 4.42 Å². The highest BCUT2D eigenvalue weighted by Gasteiger charge is 2.52. The van der Waals surface area contributed by atoms with Crippen LogP contribution in [0, 0.1) is 0 Å². The largest absolute Gasteiger partial charge is 0.455 e. The SMILES string of the molecule is c1ccc(-c2cccc(N(c3cccc4c3-c3ccccc3C43c4ccccc4-c4ccccc43)c3cc4c(oc5cccc(-c6ccc7ccccc7c6)c54)c4ccccc34)c2)cc1. The zero-order valence-electron chi connectivity index (χ0n) is 35.4. The smallest absolute Gasteiger partial charge is 0.143 e. The van der Waals surface area contributed by atoms with Crippen molar-refractivity contribution in [3.8, 4) is 44.5 Å². The van der Waals surface area contributed by atoms with Crippen LogP contribution in [0.4, 0.5) is 17.1 Å². The van der Waals surface area contributed by atoms with Crippen LogP contribution in [0.3, 0.4) is 0 Å². The first-order valence-electron chi connectivity index (χ1n) is 22.5. The van der Waals surface area contributed by atoms with E-state index in [9.17, 15) is 0 Å². The van der Waals surface area contributed by atoms with Gasteiger partial charge in [-0.15, -0.1) is 0 Å². The predicted octanol–water partition coefficient (Wildman–Crippen LogP) is 17.0. The van der Waals surface area contributed by atoms with E-state index in [-0.39, 0.29) is 0 Å². The van der Waals surface area contributed by atoms with E-state index in [2.05, 4.69) is 241 Å². The van der Waals surface area contributed by atoms with Gasteiger partial charge in [0.15, 0.2) is 0 Å². The molecule has 2 aliphatic rings. The highest BCUT2D eigenvalue weighted by molar-refractivity contribution is 6.23. The Balaban J connectivity index is 1.10. The summed E-state index contributed by atoms with van der Waals surface area (Å²) < 4.78 is 6.97. The normalized spacial score (nSPS) is 13.0. The molecule has 0 fully saturated rings. The van der Waals surface area contributed by atoms with Gasteiger partial charge in [0.05, 0.1) is 16.8 Å². The summed E-state index contributed by atoms with van der Waals surface area (Å²) >= 11 is 0. The van der Waals surface area contributed by atoms with E-state index in [0.717, 1.165) is 60.9 Å². The van der Waals surface area contributed by atoms with Gasteiger partial charge in [0.25, 0.3) is 0 Å². The average molecular weight is 826 g/mol. The molecule has 0 saturated carbocycles. The molecule has 0 saturated heterocycles. The Labute approximate surface area is 376 Å². The van der Waals surface area contributed by atoms with Gasteiger partial charge < -0.3 is 9.32 Å². The summed E-state index contributed by atoms with van der Waals surface area (Å²) in [5.74, 6) is 0. The fraction of sp³-hybridized carbons (Fsp3) is 0.0159. The second-order valence-electron chi connectivity index (χ2n) is 17.5. The summed E-state index contributed by atoms with van der Waals surface area (Å²) in [5.41, 5.74) is 19.6. The van der Waals surface area contributed by atoms with Crippen molar-refractivity contribution in [3.63, 3.8) is 0 Å². The molecule has 0 unspecified atom stereocenters. The zero-order valence-corrected chi connectivity index (χ0v) is 35.4. The number of hydrogen-bond donors (Lipinski definition) is 0. The van der Waals surface area contributed by atoms with Gasteiger partial charge in [0, 0.05) is 32.8 Å². The lowest BCUT2D eigenvalue weighted by Crippen LogP contribution is -2.26. The summed E-state index contributed by atoms with van der Waals surface area (Å²) in [4.78, 5) is 2.53. The molecule has 0 N–H and O–H groups in total. The maximum atomic E-state index is 6.97. The molecule has 12 aromatic rings. The van der Waals surface area contributed by atoms with Gasteiger partial charge in [-0.05, 0) is 108 Å². The van der Waals surface area contributed by atoms with E-state index in [1.807, 2.05) is 0 Å². The first-order valence-corrected chi connectivity index (χ1v) is 22.5. The van der Waals surface area contributed by atoms with E-state index in [4.69, 9.17) is 4.42 Å². The van der Waals surface area contributed by atoms with E-state index < -0.39 is 5.41 Å². The molecule has 2 nitrogen and oxygen atoms in total. The van der Waals surface area contributed by atoms with Crippen molar-refractivity contribution in [2.24, 2.45) is 0 Å². The van der Waals surface area contributed by atoms with E-state index in [0.29, 0.717) is 0 Å². The maximum Gasteiger partial charge on any atom is 0.143 e. The first kappa shape index (κ1) is 36.1. The molecule has 1 aromatic heterocycles. The first-order chi connectivity index (χ1) is 32.3. The van der Waals surface area contributed by atoms with Gasteiger partial charge >= 0.3 is 0 Å². The van der Waals surface area contributed by atoms with Crippen LogP contribution in [0.2, 0.25) is 0 Å². The molecule has 2 heteroatoms. The second kappa shape index (κ2) is 13.8. The molecule has 65 heavy (non-hydrogen) atoms. The van der Waals surface area contributed by atoms with Crippen molar-refractivity contribution in [2.45, 2.75) is 5.41 Å². The number of furan rings is 1. The quantitative estimate of drug-likeness (QED) is 0.172. The fourth-order valence-electron chi connectivity index (χ4n) is 11.6. The monoisotopic (exact) mass is 825 g/mol. The van der Waals surface area contributed by atoms with Crippen molar-refractivity contribution in [1.29, 1.82) is 0 Å². The molecule has 0 aliphatic heterocycles. The zero-order chi connectivity index (χ0) is 42.6. The third-order valence-electron chi connectivity index (χ3n) is 14.2. The topological polar surface area (TPSA) is 16.4 Å². The Bertz CT molecular complexity index is 3870. The molecule has 1 spiro atoms. The highest BCUT2D eigenvalue weighted by atomic mass is 16.3.